The van der Waals surface area contributed by atoms with E-state index in [4.69, 9.17) is 4.74 Å². The van der Waals surface area contributed by atoms with E-state index >= 15 is 0 Å². The molecule has 0 spiro atoms. The van der Waals surface area contributed by atoms with Crippen molar-refractivity contribution in [1.82, 2.24) is 19.4 Å². The van der Waals surface area contributed by atoms with Gasteiger partial charge in [0.25, 0.3) is 0 Å². The Balaban J connectivity index is 1.53. The SMILES string of the molecule is CCOC(=O)N1CCN(C(=O)CSc2ncc(-c3ccc(C)cc3)n2C)CC1. The fourth-order valence-electron chi connectivity index (χ4n) is 3.09. The van der Waals surface area contributed by atoms with Crippen molar-refractivity contribution in [2.24, 2.45) is 7.05 Å². The predicted octanol–water partition coefficient (Wildman–Crippen LogP) is 2.79. The number of ether oxygens (including phenoxy) is 1. The molecule has 0 saturated carbocycles. The van der Waals surface area contributed by atoms with Crippen LogP contribution in [0.2, 0.25) is 0 Å². The average molecular weight is 403 g/mol. The Morgan fingerprint density at radius 3 is 2.39 bits per heavy atom. The number of hydrogen-bond donors (Lipinski definition) is 0. The van der Waals surface area contributed by atoms with Gasteiger partial charge in [-0.1, -0.05) is 41.6 Å². The van der Waals surface area contributed by atoms with E-state index in [1.807, 2.05) is 17.8 Å². The first-order valence-corrected chi connectivity index (χ1v) is 10.4. The minimum atomic E-state index is -0.305. The number of imidazole rings is 1. The van der Waals surface area contributed by atoms with Crippen LogP contribution in [0.25, 0.3) is 11.3 Å². The number of benzene rings is 1. The standard InChI is InChI=1S/C20H26N4O3S/c1-4-27-20(26)24-11-9-23(10-12-24)18(25)14-28-19-21-13-17(22(19)3)16-7-5-15(2)6-8-16/h5-8,13H,4,9-12,14H2,1-3H3. The Morgan fingerprint density at radius 2 is 1.75 bits per heavy atom. The van der Waals surface area contributed by atoms with Crippen LogP contribution >= 0.6 is 11.8 Å². The van der Waals surface area contributed by atoms with Gasteiger partial charge >= 0.3 is 6.09 Å². The lowest BCUT2D eigenvalue weighted by Gasteiger charge is -2.34. The number of piperazine rings is 1. The summed E-state index contributed by atoms with van der Waals surface area (Å²) in [7, 11) is 1.97. The Morgan fingerprint density at radius 1 is 1.11 bits per heavy atom. The van der Waals surface area contributed by atoms with E-state index in [0.717, 1.165) is 16.4 Å². The summed E-state index contributed by atoms with van der Waals surface area (Å²) in [5.41, 5.74) is 3.35. The molecular formula is C20H26N4O3S. The van der Waals surface area contributed by atoms with Gasteiger partial charge in [0, 0.05) is 33.2 Å². The molecule has 0 N–H and O–H groups in total. The van der Waals surface area contributed by atoms with Crippen LogP contribution in [0.3, 0.4) is 0 Å². The van der Waals surface area contributed by atoms with Crippen LogP contribution in [0.5, 0.6) is 0 Å². The molecule has 1 aliphatic heterocycles. The van der Waals surface area contributed by atoms with Gasteiger partial charge < -0.3 is 19.1 Å². The first-order valence-electron chi connectivity index (χ1n) is 9.40. The van der Waals surface area contributed by atoms with E-state index in [1.54, 1.807) is 16.7 Å². The molecule has 1 aliphatic rings. The molecule has 1 aromatic heterocycles. The van der Waals surface area contributed by atoms with Crippen LogP contribution in [-0.4, -0.2) is 69.9 Å². The van der Waals surface area contributed by atoms with Gasteiger partial charge in [0.1, 0.15) is 0 Å². The Hall–Kier alpha value is -2.48. The quantitative estimate of drug-likeness (QED) is 0.720. The molecular weight excluding hydrogens is 376 g/mol. The highest BCUT2D eigenvalue weighted by molar-refractivity contribution is 7.99. The molecule has 1 fully saturated rings. The zero-order valence-corrected chi connectivity index (χ0v) is 17.4. The Labute approximate surface area is 169 Å². The van der Waals surface area contributed by atoms with E-state index in [2.05, 4.69) is 36.2 Å². The number of amides is 2. The van der Waals surface area contributed by atoms with Gasteiger partial charge in [0.05, 0.1) is 24.3 Å². The zero-order valence-electron chi connectivity index (χ0n) is 16.6. The molecule has 0 bridgehead atoms. The number of nitrogens with zero attached hydrogens (tertiary/aromatic N) is 4. The van der Waals surface area contributed by atoms with Crippen LogP contribution in [0, 0.1) is 6.92 Å². The van der Waals surface area contributed by atoms with Gasteiger partial charge in [-0.3, -0.25) is 4.79 Å². The number of carbonyl (C=O) groups excluding carboxylic acids is 2. The average Bonchev–Trinajstić information content (AvgIpc) is 3.07. The molecule has 2 heterocycles. The molecule has 0 radical (unpaired) electrons. The second-order valence-electron chi connectivity index (χ2n) is 6.71. The van der Waals surface area contributed by atoms with E-state index in [0.29, 0.717) is 38.5 Å². The second kappa shape index (κ2) is 9.14. The molecule has 8 heteroatoms. The summed E-state index contributed by atoms with van der Waals surface area (Å²) >= 11 is 1.44. The molecule has 1 aromatic carbocycles. The van der Waals surface area contributed by atoms with Crippen molar-refractivity contribution in [3.05, 3.63) is 36.0 Å². The van der Waals surface area contributed by atoms with Gasteiger partial charge in [-0.15, -0.1) is 0 Å². The molecule has 0 atom stereocenters. The summed E-state index contributed by atoms with van der Waals surface area (Å²) in [6.45, 7) is 6.30. The number of hydrogen-bond acceptors (Lipinski definition) is 5. The van der Waals surface area contributed by atoms with E-state index in [1.165, 1.54) is 17.3 Å². The number of thioether (sulfide) groups is 1. The van der Waals surface area contributed by atoms with Gasteiger partial charge in [-0.05, 0) is 19.4 Å². The van der Waals surface area contributed by atoms with Crippen molar-refractivity contribution in [2.75, 3.05) is 38.5 Å². The molecule has 28 heavy (non-hydrogen) atoms. The van der Waals surface area contributed by atoms with Crippen LogP contribution in [0.4, 0.5) is 4.79 Å². The highest BCUT2D eigenvalue weighted by atomic mass is 32.2. The number of rotatable bonds is 5. The first-order chi connectivity index (χ1) is 13.5. The van der Waals surface area contributed by atoms with Gasteiger partial charge in [0.15, 0.2) is 5.16 Å². The summed E-state index contributed by atoms with van der Waals surface area (Å²) in [5, 5.41) is 0.814. The number of aryl methyl sites for hydroxylation is 1. The van der Waals surface area contributed by atoms with E-state index < -0.39 is 0 Å². The van der Waals surface area contributed by atoms with Gasteiger partial charge in [-0.25, -0.2) is 9.78 Å². The van der Waals surface area contributed by atoms with Crippen molar-refractivity contribution in [3.8, 4) is 11.3 Å². The highest BCUT2D eigenvalue weighted by Gasteiger charge is 2.25. The first kappa shape index (κ1) is 20.3. The van der Waals surface area contributed by atoms with Crippen molar-refractivity contribution in [2.45, 2.75) is 19.0 Å². The molecule has 150 valence electrons. The topological polar surface area (TPSA) is 67.7 Å². The third-order valence-electron chi connectivity index (χ3n) is 4.78. The van der Waals surface area contributed by atoms with Gasteiger partial charge in [0.2, 0.25) is 5.91 Å². The highest BCUT2D eigenvalue weighted by Crippen LogP contribution is 2.25. The summed E-state index contributed by atoms with van der Waals surface area (Å²) in [6, 6.07) is 8.31. The minimum absolute atomic E-state index is 0.0633. The number of carbonyl (C=O) groups is 2. The fraction of sp³-hybridized carbons (Fsp3) is 0.450. The summed E-state index contributed by atoms with van der Waals surface area (Å²) < 4.78 is 7.02. The van der Waals surface area contributed by atoms with Crippen LogP contribution in [0.1, 0.15) is 12.5 Å². The molecule has 2 amide bonds. The van der Waals surface area contributed by atoms with Crippen molar-refractivity contribution in [1.29, 1.82) is 0 Å². The zero-order chi connectivity index (χ0) is 20.1. The molecule has 1 saturated heterocycles. The second-order valence-corrected chi connectivity index (χ2v) is 7.65. The lowest BCUT2D eigenvalue weighted by molar-refractivity contribution is -0.129. The van der Waals surface area contributed by atoms with Crippen molar-refractivity contribution >= 4 is 23.8 Å². The molecule has 2 aromatic rings. The van der Waals surface area contributed by atoms with Crippen molar-refractivity contribution < 1.29 is 14.3 Å². The molecule has 0 unspecified atom stereocenters. The van der Waals surface area contributed by atoms with Crippen molar-refractivity contribution in [3.63, 3.8) is 0 Å². The Kier molecular flexibility index (Phi) is 6.61. The maximum Gasteiger partial charge on any atom is 0.409 e. The van der Waals surface area contributed by atoms with Gasteiger partial charge in [-0.2, -0.15) is 0 Å². The molecule has 0 aliphatic carbocycles. The summed E-state index contributed by atoms with van der Waals surface area (Å²) in [5.74, 6) is 0.394. The lowest BCUT2D eigenvalue weighted by atomic mass is 10.1. The van der Waals surface area contributed by atoms with Crippen LogP contribution < -0.4 is 0 Å². The largest absolute Gasteiger partial charge is 0.450 e. The van der Waals surface area contributed by atoms with Crippen LogP contribution in [-0.2, 0) is 16.6 Å². The van der Waals surface area contributed by atoms with Crippen LogP contribution in [0.15, 0.2) is 35.6 Å². The fourth-order valence-corrected chi connectivity index (χ4v) is 3.94. The molecule has 7 nitrogen and oxygen atoms in total. The maximum absolute atomic E-state index is 12.5. The smallest absolute Gasteiger partial charge is 0.409 e. The minimum Gasteiger partial charge on any atom is -0.450 e. The Bertz CT molecular complexity index is 826. The number of aromatic nitrogens is 2. The summed E-state index contributed by atoms with van der Waals surface area (Å²) in [4.78, 5) is 32.2. The third-order valence-corrected chi connectivity index (χ3v) is 5.80. The normalized spacial score (nSPS) is 14.2. The predicted molar refractivity (Wildman–Crippen MR) is 109 cm³/mol. The third kappa shape index (κ3) is 4.67. The maximum atomic E-state index is 12.5. The van der Waals surface area contributed by atoms with E-state index in [-0.39, 0.29) is 12.0 Å². The molecule has 3 rings (SSSR count). The van der Waals surface area contributed by atoms with E-state index in [9.17, 15) is 9.59 Å². The summed E-state index contributed by atoms with van der Waals surface area (Å²) in [6.07, 6.45) is 1.54. The lowest BCUT2D eigenvalue weighted by Crippen LogP contribution is -2.51. The monoisotopic (exact) mass is 402 g/mol.